The summed E-state index contributed by atoms with van der Waals surface area (Å²) in [7, 11) is 0. The molecule has 0 aromatic heterocycles. The first-order chi connectivity index (χ1) is 7.43. The minimum absolute atomic E-state index is 0.0179. The monoisotopic (exact) mass is 239 g/mol. The zero-order valence-corrected chi connectivity index (χ0v) is 10.9. The molecule has 3 heteroatoms. The van der Waals surface area contributed by atoms with E-state index in [1.54, 1.807) is 6.07 Å². The van der Waals surface area contributed by atoms with Gasteiger partial charge in [-0.1, -0.05) is 44.5 Å². The second-order valence-electron chi connectivity index (χ2n) is 4.45. The molecule has 1 aromatic rings. The molecule has 1 rings (SSSR count). The Morgan fingerprint density at radius 3 is 2.44 bits per heavy atom. The Morgan fingerprint density at radius 2 is 1.94 bits per heavy atom. The SMILES string of the molecule is Cc1cccc(Cl)c1NC(=O)C(C)C(C)C. The second kappa shape index (κ2) is 5.35. The maximum atomic E-state index is 11.9. The number of nitrogens with one attached hydrogen (secondary N) is 1. The van der Waals surface area contributed by atoms with Crippen LogP contribution in [-0.2, 0) is 4.79 Å². The van der Waals surface area contributed by atoms with E-state index in [1.807, 2.05) is 39.8 Å². The molecule has 88 valence electrons. The van der Waals surface area contributed by atoms with Crippen LogP contribution in [0.15, 0.2) is 18.2 Å². The fourth-order valence-electron chi connectivity index (χ4n) is 1.33. The average Bonchev–Trinajstić information content (AvgIpc) is 2.22. The van der Waals surface area contributed by atoms with Crippen LogP contribution in [-0.4, -0.2) is 5.91 Å². The van der Waals surface area contributed by atoms with Gasteiger partial charge < -0.3 is 5.32 Å². The highest BCUT2D eigenvalue weighted by Gasteiger charge is 2.18. The van der Waals surface area contributed by atoms with Crippen LogP contribution in [0.25, 0.3) is 0 Å². The van der Waals surface area contributed by atoms with Crippen molar-refractivity contribution in [3.8, 4) is 0 Å². The number of benzene rings is 1. The summed E-state index contributed by atoms with van der Waals surface area (Å²) in [5, 5.41) is 3.48. The van der Waals surface area contributed by atoms with Crippen LogP contribution in [0.1, 0.15) is 26.3 Å². The predicted molar refractivity (Wildman–Crippen MR) is 68.8 cm³/mol. The van der Waals surface area contributed by atoms with Gasteiger partial charge in [-0.25, -0.2) is 0 Å². The van der Waals surface area contributed by atoms with Gasteiger partial charge in [-0.15, -0.1) is 0 Å². The van der Waals surface area contributed by atoms with E-state index in [4.69, 9.17) is 11.6 Å². The van der Waals surface area contributed by atoms with Crippen molar-refractivity contribution in [2.24, 2.45) is 11.8 Å². The minimum Gasteiger partial charge on any atom is -0.324 e. The lowest BCUT2D eigenvalue weighted by Gasteiger charge is -2.17. The van der Waals surface area contributed by atoms with Gasteiger partial charge in [-0.05, 0) is 24.5 Å². The quantitative estimate of drug-likeness (QED) is 0.852. The first-order valence-corrected chi connectivity index (χ1v) is 5.87. The highest BCUT2D eigenvalue weighted by Crippen LogP contribution is 2.26. The number of hydrogen-bond donors (Lipinski definition) is 1. The molecule has 0 aliphatic rings. The van der Waals surface area contributed by atoms with Crippen molar-refractivity contribution >= 4 is 23.2 Å². The lowest BCUT2D eigenvalue weighted by atomic mass is 9.97. The van der Waals surface area contributed by atoms with Crippen LogP contribution in [0.5, 0.6) is 0 Å². The number of rotatable bonds is 3. The zero-order valence-electron chi connectivity index (χ0n) is 10.2. The van der Waals surface area contributed by atoms with Gasteiger partial charge in [0.05, 0.1) is 10.7 Å². The van der Waals surface area contributed by atoms with Gasteiger partial charge in [-0.3, -0.25) is 4.79 Å². The predicted octanol–water partition coefficient (Wildman–Crippen LogP) is 3.88. The third kappa shape index (κ3) is 2.99. The largest absolute Gasteiger partial charge is 0.324 e. The molecule has 16 heavy (non-hydrogen) atoms. The summed E-state index contributed by atoms with van der Waals surface area (Å²) in [6.45, 7) is 7.92. The van der Waals surface area contributed by atoms with E-state index in [0.29, 0.717) is 10.9 Å². The molecule has 1 atom stereocenters. The topological polar surface area (TPSA) is 29.1 Å². The number of carbonyl (C=O) groups is 1. The van der Waals surface area contributed by atoms with Crippen LogP contribution in [0, 0.1) is 18.8 Å². The molecule has 0 spiro atoms. The van der Waals surface area contributed by atoms with Crippen molar-refractivity contribution in [3.63, 3.8) is 0 Å². The third-order valence-corrected chi connectivity index (χ3v) is 3.20. The summed E-state index contributed by atoms with van der Waals surface area (Å²) >= 11 is 6.04. The fourth-order valence-corrected chi connectivity index (χ4v) is 1.60. The standard InChI is InChI=1S/C13H18ClNO/c1-8(2)10(4)13(16)15-12-9(3)6-5-7-11(12)14/h5-8,10H,1-4H3,(H,15,16). The normalized spacial score (nSPS) is 12.6. The number of halogens is 1. The van der Waals surface area contributed by atoms with Gasteiger partial charge in [-0.2, -0.15) is 0 Å². The van der Waals surface area contributed by atoms with Crippen molar-refractivity contribution in [2.75, 3.05) is 5.32 Å². The number of hydrogen-bond acceptors (Lipinski definition) is 1. The molecule has 0 fully saturated rings. The van der Waals surface area contributed by atoms with Crippen molar-refractivity contribution in [2.45, 2.75) is 27.7 Å². The van der Waals surface area contributed by atoms with E-state index >= 15 is 0 Å². The minimum atomic E-state index is -0.0179. The summed E-state index contributed by atoms with van der Waals surface area (Å²) in [5.74, 6) is 0.324. The number of carbonyl (C=O) groups excluding carboxylic acids is 1. The number of anilines is 1. The molecule has 0 bridgehead atoms. The molecule has 1 amide bonds. The Bertz CT molecular complexity index is 367. The molecule has 0 radical (unpaired) electrons. The highest BCUT2D eigenvalue weighted by atomic mass is 35.5. The Balaban J connectivity index is 2.85. The molecule has 1 aromatic carbocycles. The van der Waals surface area contributed by atoms with Crippen molar-refractivity contribution in [1.82, 2.24) is 0 Å². The van der Waals surface area contributed by atoms with Crippen LogP contribution in [0.4, 0.5) is 5.69 Å². The molecular formula is C13H18ClNO. The van der Waals surface area contributed by atoms with Gasteiger partial charge in [0.25, 0.3) is 0 Å². The summed E-state index contributed by atoms with van der Waals surface area (Å²) < 4.78 is 0. The molecule has 1 unspecified atom stereocenters. The first-order valence-electron chi connectivity index (χ1n) is 5.49. The van der Waals surface area contributed by atoms with Crippen LogP contribution in [0.3, 0.4) is 0 Å². The Labute approximate surface area is 102 Å². The van der Waals surface area contributed by atoms with Crippen molar-refractivity contribution in [1.29, 1.82) is 0 Å². The molecule has 0 heterocycles. The maximum Gasteiger partial charge on any atom is 0.227 e. The Morgan fingerprint density at radius 1 is 1.31 bits per heavy atom. The summed E-state index contributed by atoms with van der Waals surface area (Å²) in [6.07, 6.45) is 0. The molecular weight excluding hydrogens is 222 g/mol. The molecule has 2 nitrogen and oxygen atoms in total. The van der Waals surface area contributed by atoms with E-state index in [1.165, 1.54) is 0 Å². The number of amides is 1. The van der Waals surface area contributed by atoms with Gasteiger partial charge in [0.1, 0.15) is 0 Å². The fraction of sp³-hybridized carbons (Fsp3) is 0.462. The summed E-state index contributed by atoms with van der Waals surface area (Å²) in [5.41, 5.74) is 1.71. The van der Waals surface area contributed by atoms with E-state index < -0.39 is 0 Å². The second-order valence-corrected chi connectivity index (χ2v) is 4.86. The lowest BCUT2D eigenvalue weighted by molar-refractivity contribution is -0.120. The smallest absolute Gasteiger partial charge is 0.227 e. The van der Waals surface area contributed by atoms with Crippen molar-refractivity contribution in [3.05, 3.63) is 28.8 Å². The van der Waals surface area contributed by atoms with Crippen LogP contribution >= 0.6 is 11.6 Å². The maximum absolute atomic E-state index is 11.9. The Kier molecular flexibility index (Phi) is 4.36. The van der Waals surface area contributed by atoms with E-state index in [-0.39, 0.29) is 11.8 Å². The summed E-state index contributed by atoms with van der Waals surface area (Å²) in [6, 6.07) is 5.59. The van der Waals surface area contributed by atoms with E-state index in [0.717, 1.165) is 11.3 Å². The zero-order chi connectivity index (χ0) is 12.3. The Hall–Kier alpha value is -1.02. The molecule has 0 aliphatic carbocycles. The lowest BCUT2D eigenvalue weighted by Crippen LogP contribution is -2.24. The third-order valence-electron chi connectivity index (χ3n) is 2.88. The highest BCUT2D eigenvalue weighted by molar-refractivity contribution is 6.33. The molecule has 1 N–H and O–H groups in total. The van der Waals surface area contributed by atoms with Gasteiger partial charge in [0.2, 0.25) is 5.91 Å². The van der Waals surface area contributed by atoms with Gasteiger partial charge >= 0.3 is 0 Å². The van der Waals surface area contributed by atoms with Gasteiger partial charge in [0.15, 0.2) is 0 Å². The van der Waals surface area contributed by atoms with Crippen LogP contribution < -0.4 is 5.32 Å². The van der Waals surface area contributed by atoms with Crippen LogP contribution in [0.2, 0.25) is 5.02 Å². The molecule has 0 saturated heterocycles. The van der Waals surface area contributed by atoms with Crippen molar-refractivity contribution < 1.29 is 4.79 Å². The molecule has 0 aliphatic heterocycles. The van der Waals surface area contributed by atoms with E-state index in [9.17, 15) is 4.79 Å². The average molecular weight is 240 g/mol. The summed E-state index contributed by atoms with van der Waals surface area (Å²) in [4.78, 5) is 11.9. The van der Waals surface area contributed by atoms with E-state index in [2.05, 4.69) is 5.32 Å². The molecule has 0 saturated carbocycles. The number of para-hydroxylation sites is 1. The first kappa shape index (κ1) is 13.0. The number of aryl methyl sites for hydroxylation is 1. The van der Waals surface area contributed by atoms with Gasteiger partial charge in [0, 0.05) is 5.92 Å².